The van der Waals surface area contributed by atoms with E-state index in [0.29, 0.717) is 5.88 Å². The Morgan fingerprint density at radius 3 is 2.24 bits per heavy atom. The molecule has 0 bridgehead atoms. The van der Waals surface area contributed by atoms with Gasteiger partial charge >= 0.3 is 0 Å². The van der Waals surface area contributed by atoms with Crippen LogP contribution in [0.3, 0.4) is 0 Å². The molecule has 0 aliphatic heterocycles. The fourth-order valence-corrected chi connectivity index (χ4v) is 2.69. The molecule has 0 saturated heterocycles. The van der Waals surface area contributed by atoms with Crippen LogP contribution in [-0.2, 0) is 6.42 Å². The van der Waals surface area contributed by atoms with Crippen LogP contribution in [0.4, 0.5) is 0 Å². The maximum atomic E-state index is 6.04. The molecule has 0 N–H and O–H groups in total. The lowest BCUT2D eigenvalue weighted by Gasteiger charge is -2.18. The van der Waals surface area contributed by atoms with Crippen LogP contribution >= 0.6 is 0 Å². The van der Waals surface area contributed by atoms with Crippen molar-refractivity contribution in [3.05, 3.63) is 84.6 Å². The molecule has 1 atom stereocenters. The zero-order chi connectivity index (χ0) is 17.3. The van der Waals surface area contributed by atoms with E-state index >= 15 is 0 Å². The van der Waals surface area contributed by atoms with Crippen LogP contribution in [0.5, 0.6) is 17.4 Å². The van der Waals surface area contributed by atoms with Gasteiger partial charge in [0.1, 0.15) is 17.6 Å². The van der Waals surface area contributed by atoms with Gasteiger partial charge in [-0.25, -0.2) is 4.98 Å². The molecule has 1 aromatic heterocycles. The van der Waals surface area contributed by atoms with E-state index in [1.54, 1.807) is 6.20 Å². The van der Waals surface area contributed by atoms with E-state index < -0.39 is 0 Å². The van der Waals surface area contributed by atoms with E-state index in [4.69, 9.17) is 9.47 Å². The molecule has 3 heteroatoms. The van der Waals surface area contributed by atoms with Crippen LogP contribution in [0.25, 0.3) is 0 Å². The van der Waals surface area contributed by atoms with Crippen molar-refractivity contribution in [1.29, 1.82) is 0 Å². The normalized spacial score (nSPS) is 11.7. The Morgan fingerprint density at radius 2 is 1.56 bits per heavy atom. The summed E-state index contributed by atoms with van der Waals surface area (Å²) in [5, 5.41) is 0. The summed E-state index contributed by atoms with van der Waals surface area (Å²) < 4.78 is 11.9. The summed E-state index contributed by atoms with van der Waals surface area (Å²) in [6.07, 6.45) is 4.82. The van der Waals surface area contributed by atoms with Crippen molar-refractivity contribution in [2.24, 2.45) is 0 Å². The van der Waals surface area contributed by atoms with Crippen LogP contribution < -0.4 is 9.47 Å². The Hall–Kier alpha value is -2.81. The maximum absolute atomic E-state index is 6.04. The third-order valence-corrected chi connectivity index (χ3v) is 3.90. The van der Waals surface area contributed by atoms with E-state index in [1.165, 1.54) is 5.56 Å². The van der Waals surface area contributed by atoms with Gasteiger partial charge in [-0.15, -0.1) is 0 Å². The molecule has 2 aromatic carbocycles. The van der Waals surface area contributed by atoms with Crippen LogP contribution in [-0.4, -0.2) is 11.1 Å². The van der Waals surface area contributed by atoms with Gasteiger partial charge < -0.3 is 9.47 Å². The first-order chi connectivity index (χ1) is 12.3. The van der Waals surface area contributed by atoms with Crippen molar-refractivity contribution in [3.63, 3.8) is 0 Å². The summed E-state index contributed by atoms with van der Waals surface area (Å²) in [5.41, 5.74) is 1.23. The number of nitrogens with zero attached hydrogens (tertiary/aromatic N) is 1. The van der Waals surface area contributed by atoms with Crippen LogP contribution in [0.15, 0.2) is 79.0 Å². The molecule has 0 spiro atoms. The molecular weight excluding hydrogens is 310 g/mol. The highest BCUT2D eigenvalue weighted by Gasteiger charge is 2.11. The monoisotopic (exact) mass is 333 g/mol. The molecule has 0 saturated carbocycles. The van der Waals surface area contributed by atoms with E-state index in [2.05, 4.69) is 24.0 Å². The molecule has 0 amide bonds. The lowest BCUT2D eigenvalue weighted by atomic mass is 10.0. The van der Waals surface area contributed by atoms with Crippen molar-refractivity contribution in [2.45, 2.75) is 32.3 Å². The van der Waals surface area contributed by atoms with E-state index in [-0.39, 0.29) is 6.10 Å². The van der Waals surface area contributed by atoms with Gasteiger partial charge in [0, 0.05) is 18.7 Å². The summed E-state index contributed by atoms with van der Waals surface area (Å²) in [7, 11) is 0. The second kappa shape index (κ2) is 8.88. The molecule has 3 nitrogen and oxygen atoms in total. The highest BCUT2D eigenvalue weighted by molar-refractivity contribution is 5.33. The van der Waals surface area contributed by atoms with Gasteiger partial charge in [0.15, 0.2) is 0 Å². The van der Waals surface area contributed by atoms with Crippen molar-refractivity contribution in [1.82, 2.24) is 4.98 Å². The summed E-state index contributed by atoms with van der Waals surface area (Å²) in [6, 6.07) is 23.8. The first-order valence-corrected chi connectivity index (χ1v) is 8.73. The number of hydrogen-bond acceptors (Lipinski definition) is 3. The van der Waals surface area contributed by atoms with Gasteiger partial charge in [0.2, 0.25) is 5.88 Å². The minimum absolute atomic E-state index is 0.126. The predicted octanol–water partition coefficient (Wildman–Crippen LogP) is 5.66. The topological polar surface area (TPSA) is 31.4 Å². The lowest BCUT2D eigenvalue weighted by molar-refractivity contribution is 0.182. The van der Waals surface area contributed by atoms with Gasteiger partial charge in [-0.2, -0.15) is 0 Å². The van der Waals surface area contributed by atoms with Gasteiger partial charge in [-0.05, 0) is 42.3 Å². The molecule has 0 aliphatic carbocycles. The Kier molecular flexibility index (Phi) is 6.05. The Morgan fingerprint density at radius 1 is 0.840 bits per heavy atom. The Balaban J connectivity index is 1.62. The third kappa shape index (κ3) is 5.35. The number of benzene rings is 2. The van der Waals surface area contributed by atoms with E-state index in [9.17, 15) is 0 Å². The number of para-hydroxylation sites is 1. The molecule has 1 heterocycles. The average Bonchev–Trinajstić information content (AvgIpc) is 2.65. The van der Waals surface area contributed by atoms with E-state index in [1.807, 2.05) is 60.7 Å². The lowest BCUT2D eigenvalue weighted by Crippen LogP contribution is -2.19. The van der Waals surface area contributed by atoms with Crippen molar-refractivity contribution in [3.8, 4) is 17.4 Å². The average molecular weight is 333 g/mol. The standard InChI is InChI=1S/C22H23NO2/c1-2-8-21(25-22-11-6-7-16-23-22)17-18-12-14-20(15-13-18)24-19-9-4-3-5-10-19/h3-7,9-16,21H,2,8,17H2,1H3. The van der Waals surface area contributed by atoms with Gasteiger partial charge in [-0.3, -0.25) is 0 Å². The molecule has 1 unspecified atom stereocenters. The molecule has 3 aromatic rings. The van der Waals surface area contributed by atoms with E-state index in [0.717, 1.165) is 30.8 Å². The zero-order valence-electron chi connectivity index (χ0n) is 14.5. The summed E-state index contributed by atoms with van der Waals surface area (Å²) >= 11 is 0. The van der Waals surface area contributed by atoms with Crippen LogP contribution in [0, 0.1) is 0 Å². The van der Waals surface area contributed by atoms with Gasteiger partial charge in [0.25, 0.3) is 0 Å². The second-order valence-corrected chi connectivity index (χ2v) is 5.96. The number of aromatic nitrogens is 1. The largest absolute Gasteiger partial charge is 0.474 e. The first kappa shape index (κ1) is 17.0. The summed E-state index contributed by atoms with van der Waals surface area (Å²) in [4.78, 5) is 4.26. The quantitative estimate of drug-likeness (QED) is 0.532. The fourth-order valence-electron chi connectivity index (χ4n) is 2.69. The highest BCUT2D eigenvalue weighted by atomic mass is 16.5. The third-order valence-electron chi connectivity index (χ3n) is 3.90. The molecule has 3 rings (SSSR count). The van der Waals surface area contributed by atoms with Crippen molar-refractivity contribution >= 4 is 0 Å². The molecule has 128 valence electrons. The number of pyridine rings is 1. The predicted molar refractivity (Wildman–Crippen MR) is 100 cm³/mol. The smallest absolute Gasteiger partial charge is 0.213 e. The van der Waals surface area contributed by atoms with Crippen LogP contribution in [0.2, 0.25) is 0 Å². The molecule has 0 fully saturated rings. The van der Waals surface area contributed by atoms with Crippen molar-refractivity contribution < 1.29 is 9.47 Å². The Labute approximate surface area is 149 Å². The minimum atomic E-state index is 0.126. The Bertz CT molecular complexity index is 742. The molecule has 0 radical (unpaired) electrons. The zero-order valence-corrected chi connectivity index (χ0v) is 14.5. The molecule has 25 heavy (non-hydrogen) atoms. The summed E-state index contributed by atoms with van der Waals surface area (Å²) in [6.45, 7) is 2.17. The second-order valence-electron chi connectivity index (χ2n) is 5.96. The van der Waals surface area contributed by atoms with Crippen LogP contribution in [0.1, 0.15) is 25.3 Å². The highest BCUT2D eigenvalue weighted by Crippen LogP contribution is 2.22. The molecule has 0 aliphatic rings. The van der Waals surface area contributed by atoms with Crippen molar-refractivity contribution in [2.75, 3.05) is 0 Å². The minimum Gasteiger partial charge on any atom is -0.474 e. The maximum Gasteiger partial charge on any atom is 0.213 e. The first-order valence-electron chi connectivity index (χ1n) is 8.73. The number of ether oxygens (including phenoxy) is 2. The van der Waals surface area contributed by atoms with Gasteiger partial charge in [0.05, 0.1) is 0 Å². The van der Waals surface area contributed by atoms with Gasteiger partial charge in [-0.1, -0.05) is 49.7 Å². The SMILES string of the molecule is CCCC(Cc1ccc(Oc2ccccc2)cc1)Oc1ccccn1. The number of hydrogen-bond donors (Lipinski definition) is 0. The molecular formula is C22H23NO2. The fraction of sp³-hybridized carbons (Fsp3) is 0.227. The summed E-state index contributed by atoms with van der Waals surface area (Å²) in [5.74, 6) is 2.37. The number of rotatable bonds is 8.